The molecule has 1 saturated heterocycles. The summed E-state index contributed by atoms with van der Waals surface area (Å²) < 4.78 is 32.8. The fourth-order valence-electron chi connectivity index (χ4n) is 3.83. The highest BCUT2D eigenvalue weighted by Crippen LogP contribution is 2.28. The molecule has 3 heterocycles. The number of ether oxygens (including phenoxy) is 1. The Hall–Kier alpha value is -3.63. The third-order valence-electron chi connectivity index (χ3n) is 5.36. The van der Waals surface area contributed by atoms with Crippen LogP contribution in [0.25, 0.3) is 16.8 Å². The van der Waals surface area contributed by atoms with Crippen molar-refractivity contribution < 1.29 is 13.2 Å². The van der Waals surface area contributed by atoms with Gasteiger partial charge in [-0.1, -0.05) is 12.1 Å². The van der Waals surface area contributed by atoms with Gasteiger partial charge in [-0.2, -0.15) is 5.10 Å². The van der Waals surface area contributed by atoms with Gasteiger partial charge in [0.1, 0.15) is 5.82 Å². The van der Waals surface area contributed by atoms with E-state index in [1.54, 1.807) is 28.9 Å². The lowest BCUT2D eigenvalue weighted by molar-refractivity contribution is 0.122. The summed E-state index contributed by atoms with van der Waals surface area (Å²) >= 11 is 0. The van der Waals surface area contributed by atoms with Crippen LogP contribution in [0.3, 0.4) is 0 Å². The van der Waals surface area contributed by atoms with Crippen LogP contribution in [0.4, 0.5) is 22.9 Å². The molecule has 33 heavy (non-hydrogen) atoms. The Labute approximate surface area is 192 Å². The first-order chi connectivity index (χ1) is 15.9. The van der Waals surface area contributed by atoms with Crippen LogP contribution in [-0.2, 0) is 14.8 Å². The normalized spacial score (nSPS) is 14.4. The van der Waals surface area contributed by atoms with E-state index in [2.05, 4.69) is 32.2 Å². The molecule has 10 heteroatoms. The third-order valence-corrected chi connectivity index (χ3v) is 5.97. The van der Waals surface area contributed by atoms with Crippen molar-refractivity contribution in [1.29, 1.82) is 0 Å². The van der Waals surface area contributed by atoms with E-state index < -0.39 is 10.0 Å². The second kappa shape index (κ2) is 8.72. The number of nitrogens with zero attached hydrogens (tertiary/aromatic N) is 4. The van der Waals surface area contributed by atoms with Crippen LogP contribution in [0.5, 0.6) is 0 Å². The number of aromatic nitrogens is 3. The van der Waals surface area contributed by atoms with E-state index in [1.165, 1.54) is 5.69 Å². The monoisotopic (exact) mass is 464 g/mol. The van der Waals surface area contributed by atoms with Crippen LogP contribution in [0.2, 0.25) is 0 Å². The van der Waals surface area contributed by atoms with Gasteiger partial charge in [-0.05, 0) is 48.0 Å². The number of hydrogen-bond acceptors (Lipinski definition) is 7. The number of hydrogen-bond donors (Lipinski definition) is 2. The van der Waals surface area contributed by atoms with Gasteiger partial charge in [0.05, 0.1) is 25.7 Å². The summed E-state index contributed by atoms with van der Waals surface area (Å²) in [7, 11) is -3.36. The minimum Gasteiger partial charge on any atom is -0.378 e. The van der Waals surface area contributed by atoms with Crippen LogP contribution in [0.15, 0.2) is 67.0 Å². The average molecular weight is 465 g/mol. The number of benzene rings is 2. The Balaban J connectivity index is 1.39. The second-order valence-corrected chi connectivity index (χ2v) is 9.61. The van der Waals surface area contributed by atoms with E-state index in [9.17, 15) is 8.42 Å². The number of nitrogens with one attached hydrogen (secondary N) is 2. The summed E-state index contributed by atoms with van der Waals surface area (Å²) in [6.45, 7) is 3.31. The maximum absolute atomic E-state index is 11.6. The minimum atomic E-state index is -3.36. The fraction of sp³-hybridized carbons (Fsp3) is 0.217. The van der Waals surface area contributed by atoms with Crippen molar-refractivity contribution in [2.45, 2.75) is 0 Å². The van der Waals surface area contributed by atoms with Crippen molar-refractivity contribution in [3.63, 3.8) is 0 Å². The van der Waals surface area contributed by atoms with E-state index in [0.717, 1.165) is 49.4 Å². The Morgan fingerprint density at radius 3 is 2.55 bits per heavy atom. The molecule has 170 valence electrons. The molecule has 0 saturated carbocycles. The maximum Gasteiger partial charge on any atom is 0.229 e. The van der Waals surface area contributed by atoms with Crippen molar-refractivity contribution in [2.24, 2.45) is 0 Å². The van der Waals surface area contributed by atoms with Crippen LogP contribution in [0, 0.1) is 0 Å². The summed E-state index contributed by atoms with van der Waals surface area (Å²) in [5.74, 6) is 0.689. The van der Waals surface area contributed by atoms with Crippen molar-refractivity contribution in [3.8, 4) is 11.1 Å². The first-order valence-corrected chi connectivity index (χ1v) is 12.5. The molecule has 2 aromatic heterocycles. The number of anilines is 4. The SMILES string of the molecule is CS(=O)(=O)Nc1cccc(-c2cnn3ccc(Nc4ccc(N5CCOCC5)cc4)nc23)c1. The standard InChI is InChI=1S/C23H24N6O3S/c1-33(30,31)27-19-4-2-3-17(15-19)21-16-24-29-10-9-22(26-23(21)29)25-18-5-7-20(8-6-18)28-11-13-32-14-12-28/h2-10,15-16,27H,11-14H2,1H3,(H,25,26). The Morgan fingerprint density at radius 1 is 1.00 bits per heavy atom. The molecular formula is C23H24N6O3S. The predicted molar refractivity (Wildman–Crippen MR) is 130 cm³/mol. The van der Waals surface area contributed by atoms with Gasteiger partial charge in [0, 0.05) is 41.9 Å². The van der Waals surface area contributed by atoms with Gasteiger partial charge in [0.2, 0.25) is 10.0 Å². The highest BCUT2D eigenvalue weighted by atomic mass is 32.2. The lowest BCUT2D eigenvalue weighted by Gasteiger charge is -2.28. The van der Waals surface area contributed by atoms with Crippen molar-refractivity contribution in [2.75, 3.05) is 47.5 Å². The highest BCUT2D eigenvalue weighted by Gasteiger charge is 2.13. The van der Waals surface area contributed by atoms with Crippen LogP contribution >= 0.6 is 0 Å². The van der Waals surface area contributed by atoms with E-state index in [-0.39, 0.29) is 0 Å². The molecule has 0 spiro atoms. The first kappa shape index (κ1) is 21.2. The van der Waals surface area contributed by atoms with Gasteiger partial charge in [-0.15, -0.1) is 0 Å². The van der Waals surface area contributed by atoms with Crippen LogP contribution < -0.4 is 14.9 Å². The molecule has 2 N–H and O–H groups in total. The number of sulfonamides is 1. The second-order valence-electron chi connectivity index (χ2n) is 7.87. The fourth-order valence-corrected chi connectivity index (χ4v) is 4.39. The van der Waals surface area contributed by atoms with E-state index in [1.807, 2.05) is 30.5 Å². The molecule has 0 bridgehead atoms. The van der Waals surface area contributed by atoms with Gasteiger partial charge in [-0.25, -0.2) is 17.9 Å². The summed E-state index contributed by atoms with van der Waals surface area (Å²) in [6.07, 6.45) is 4.69. The maximum atomic E-state index is 11.6. The zero-order valence-corrected chi connectivity index (χ0v) is 18.9. The summed E-state index contributed by atoms with van der Waals surface area (Å²) in [5, 5.41) is 7.73. The molecule has 9 nitrogen and oxygen atoms in total. The Bertz CT molecular complexity index is 1380. The predicted octanol–water partition coefficient (Wildman–Crippen LogP) is 3.35. The minimum absolute atomic E-state index is 0.490. The van der Waals surface area contributed by atoms with Crippen molar-refractivity contribution in [1.82, 2.24) is 14.6 Å². The lowest BCUT2D eigenvalue weighted by Crippen LogP contribution is -2.36. The Morgan fingerprint density at radius 2 is 1.79 bits per heavy atom. The van der Waals surface area contributed by atoms with Gasteiger partial charge in [-0.3, -0.25) is 4.72 Å². The number of rotatable bonds is 6. The quantitative estimate of drug-likeness (QED) is 0.451. The van der Waals surface area contributed by atoms with Crippen LogP contribution in [-0.4, -0.2) is 55.6 Å². The highest BCUT2D eigenvalue weighted by molar-refractivity contribution is 7.92. The molecule has 1 aliphatic rings. The van der Waals surface area contributed by atoms with E-state index in [4.69, 9.17) is 9.72 Å². The summed E-state index contributed by atoms with van der Waals surface area (Å²) in [5.41, 5.74) is 4.89. The Kier molecular flexibility index (Phi) is 5.61. The first-order valence-electron chi connectivity index (χ1n) is 10.6. The van der Waals surface area contributed by atoms with Gasteiger partial charge in [0.25, 0.3) is 0 Å². The third kappa shape index (κ3) is 4.91. The van der Waals surface area contributed by atoms with Gasteiger partial charge in [0.15, 0.2) is 5.65 Å². The molecule has 5 rings (SSSR count). The zero-order valence-electron chi connectivity index (χ0n) is 18.1. The zero-order chi connectivity index (χ0) is 22.8. The van der Waals surface area contributed by atoms with Crippen molar-refractivity contribution in [3.05, 3.63) is 67.0 Å². The molecule has 0 unspecified atom stereocenters. The van der Waals surface area contributed by atoms with Crippen molar-refractivity contribution >= 4 is 38.6 Å². The molecule has 0 aliphatic carbocycles. The summed E-state index contributed by atoms with van der Waals surface area (Å²) in [4.78, 5) is 7.06. The molecule has 1 fully saturated rings. The topological polar surface area (TPSA) is 101 Å². The van der Waals surface area contributed by atoms with Crippen LogP contribution in [0.1, 0.15) is 0 Å². The average Bonchev–Trinajstić information content (AvgIpc) is 3.23. The largest absolute Gasteiger partial charge is 0.378 e. The van der Waals surface area contributed by atoms with Gasteiger partial charge >= 0.3 is 0 Å². The van der Waals surface area contributed by atoms with Gasteiger partial charge < -0.3 is 15.0 Å². The van der Waals surface area contributed by atoms with E-state index in [0.29, 0.717) is 17.2 Å². The lowest BCUT2D eigenvalue weighted by atomic mass is 10.1. The molecule has 0 atom stereocenters. The number of morpholine rings is 1. The molecule has 0 amide bonds. The smallest absolute Gasteiger partial charge is 0.229 e. The van der Waals surface area contributed by atoms with E-state index >= 15 is 0 Å². The molecule has 0 radical (unpaired) electrons. The molecule has 4 aromatic rings. The molecule has 2 aromatic carbocycles. The molecule has 1 aliphatic heterocycles. The summed E-state index contributed by atoms with van der Waals surface area (Å²) in [6, 6.07) is 17.3. The number of fused-ring (bicyclic) bond motifs is 1. The molecular weight excluding hydrogens is 440 g/mol.